The first kappa shape index (κ1) is 11.6. The van der Waals surface area contributed by atoms with Gasteiger partial charge >= 0.3 is 0 Å². The molecule has 90 valence electrons. The number of nitrogens with one attached hydrogen (secondary N) is 1. The fourth-order valence-corrected chi connectivity index (χ4v) is 2.61. The molecule has 1 aromatic rings. The number of hydrogen-bond acceptors (Lipinski definition) is 3. The maximum absolute atomic E-state index is 4.43. The van der Waals surface area contributed by atoms with Crippen LogP contribution < -0.4 is 5.32 Å². The monoisotopic (exact) mass is 222 g/mol. The van der Waals surface area contributed by atoms with Crippen molar-refractivity contribution in [3.05, 3.63) is 18.0 Å². The molecule has 0 amide bonds. The predicted octanol–water partition coefficient (Wildman–Crippen LogP) is 0.851. The highest BCUT2D eigenvalue weighted by molar-refractivity contribution is 5.00. The molecule has 2 rings (SSSR count). The van der Waals surface area contributed by atoms with E-state index in [0.717, 1.165) is 13.1 Å². The molecule has 1 fully saturated rings. The summed E-state index contributed by atoms with van der Waals surface area (Å²) in [5, 5.41) is 7.72. The molecule has 1 aromatic heterocycles. The van der Waals surface area contributed by atoms with Crippen LogP contribution in [0.15, 0.2) is 12.3 Å². The van der Waals surface area contributed by atoms with Crippen molar-refractivity contribution in [3.8, 4) is 0 Å². The van der Waals surface area contributed by atoms with Crippen LogP contribution in [0.1, 0.15) is 19.0 Å². The first-order valence-corrected chi connectivity index (χ1v) is 5.97. The summed E-state index contributed by atoms with van der Waals surface area (Å²) < 4.78 is 1.87. The van der Waals surface area contributed by atoms with Gasteiger partial charge in [-0.3, -0.25) is 9.58 Å². The van der Waals surface area contributed by atoms with Crippen LogP contribution in [-0.2, 0) is 13.6 Å². The largest absolute Gasteiger partial charge is 0.319 e. The van der Waals surface area contributed by atoms with Crippen molar-refractivity contribution in [3.63, 3.8) is 0 Å². The zero-order valence-electron chi connectivity index (χ0n) is 10.5. The lowest BCUT2D eigenvalue weighted by Crippen LogP contribution is -2.32. The first-order chi connectivity index (χ1) is 7.61. The number of aryl methyl sites for hydroxylation is 1. The van der Waals surface area contributed by atoms with Gasteiger partial charge in [-0.15, -0.1) is 0 Å². The molecule has 1 atom stereocenters. The Hall–Kier alpha value is -0.870. The lowest BCUT2D eigenvalue weighted by Gasteiger charge is -2.23. The van der Waals surface area contributed by atoms with Gasteiger partial charge in [0.05, 0.1) is 5.69 Å². The molecule has 0 bridgehead atoms. The van der Waals surface area contributed by atoms with Crippen LogP contribution in [0.3, 0.4) is 0 Å². The molecule has 16 heavy (non-hydrogen) atoms. The molecule has 4 heteroatoms. The standard InChI is InChI=1S/C12H22N4/c1-12(9-13-2)5-7-16(10-12)8-11-4-6-15(3)14-11/h4,6,13H,5,7-10H2,1-3H3. The van der Waals surface area contributed by atoms with Gasteiger partial charge in [-0.1, -0.05) is 6.92 Å². The van der Waals surface area contributed by atoms with E-state index in [4.69, 9.17) is 0 Å². The van der Waals surface area contributed by atoms with Gasteiger partial charge in [0.25, 0.3) is 0 Å². The summed E-state index contributed by atoms with van der Waals surface area (Å²) in [5.41, 5.74) is 1.61. The van der Waals surface area contributed by atoms with Gasteiger partial charge in [0.1, 0.15) is 0 Å². The normalized spacial score (nSPS) is 26.4. The summed E-state index contributed by atoms with van der Waals surface area (Å²) in [4.78, 5) is 2.50. The van der Waals surface area contributed by atoms with Gasteiger partial charge in [-0.05, 0) is 31.5 Å². The Morgan fingerprint density at radius 1 is 1.56 bits per heavy atom. The van der Waals surface area contributed by atoms with Crippen molar-refractivity contribution >= 4 is 0 Å². The van der Waals surface area contributed by atoms with Gasteiger partial charge in [-0.25, -0.2) is 0 Å². The highest BCUT2D eigenvalue weighted by Gasteiger charge is 2.33. The Kier molecular flexibility index (Phi) is 3.30. The van der Waals surface area contributed by atoms with E-state index in [-0.39, 0.29) is 0 Å². The van der Waals surface area contributed by atoms with Crippen molar-refractivity contribution in [1.82, 2.24) is 20.0 Å². The zero-order valence-corrected chi connectivity index (χ0v) is 10.5. The summed E-state index contributed by atoms with van der Waals surface area (Å²) in [6, 6.07) is 2.10. The van der Waals surface area contributed by atoms with Crippen molar-refractivity contribution in [2.24, 2.45) is 12.5 Å². The Bertz CT molecular complexity index is 347. The Morgan fingerprint density at radius 3 is 3.00 bits per heavy atom. The molecule has 0 saturated carbocycles. The Balaban J connectivity index is 1.89. The molecule has 0 spiro atoms. The van der Waals surface area contributed by atoms with Crippen LogP contribution in [0.25, 0.3) is 0 Å². The third-order valence-electron chi connectivity index (χ3n) is 3.39. The van der Waals surface area contributed by atoms with Gasteiger partial charge in [0, 0.05) is 32.9 Å². The predicted molar refractivity (Wildman–Crippen MR) is 65.1 cm³/mol. The minimum absolute atomic E-state index is 0.434. The maximum Gasteiger partial charge on any atom is 0.0764 e. The molecule has 0 aliphatic carbocycles. The van der Waals surface area contributed by atoms with Gasteiger partial charge in [0.15, 0.2) is 0 Å². The van der Waals surface area contributed by atoms with Gasteiger partial charge in [0.2, 0.25) is 0 Å². The zero-order chi connectivity index (χ0) is 11.6. The Morgan fingerprint density at radius 2 is 2.38 bits per heavy atom. The summed E-state index contributed by atoms with van der Waals surface area (Å²) in [6.07, 6.45) is 3.29. The molecular formula is C12H22N4. The lowest BCUT2D eigenvalue weighted by molar-refractivity contribution is 0.263. The molecule has 0 radical (unpaired) electrons. The molecule has 1 unspecified atom stereocenters. The van der Waals surface area contributed by atoms with E-state index in [0.29, 0.717) is 5.41 Å². The minimum Gasteiger partial charge on any atom is -0.319 e. The molecule has 1 saturated heterocycles. The van der Waals surface area contributed by atoms with E-state index in [1.165, 1.54) is 25.2 Å². The molecule has 4 nitrogen and oxygen atoms in total. The summed E-state index contributed by atoms with van der Waals surface area (Å²) in [5.74, 6) is 0. The van der Waals surface area contributed by atoms with Crippen LogP contribution in [-0.4, -0.2) is 41.4 Å². The SMILES string of the molecule is CNCC1(C)CCN(Cc2ccn(C)n2)C1. The maximum atomic E-state index is 4.43. The van der Waals surface area contributed by atoms with E-state index in [1.54, 1.807) is 0 Å². The fraction of sp³-hybridized carbons (Fsp3) is 0.750. The van der Waals surface area contributed by atoms with Crippen LogP contribution in [0.4, 0.5) is 0 Å². The van der Waals surface area contributed by atoms with E-state index >= 15 is 0 Å². The molecule has 1 aliphatic rings. The number of rotatable bonds is 4. The van der Waals surface area contributed by atoms with Crippen LogP contribution in [0, 0.1) is 5.41 Å². The van der Waals surface area contributed by atoms with Crippen LogP contribution in [0.5, 0.6) is 0 Å². The first-order valence-electron chi connectivity index (χ1n) is 5.97. The lowest BCUT2D eigenvalue weighted by atomic mass is 9.90. The summed E-state index contributed by atoms with van der Waals surface area (Å²) in [7, 11) is 4.01. The quantitative estimate of drug-likeness (QED) is 0.820. The van der Waals surface area contributed by atoms with Crippen molar-refractivity contribution in [1.29, 1.82) is 0 Å². The highest BCUT2D eigenvalue weighted by atomic mass is 15.3. The highest BCUT2D eigenvalue weighted by Crippen LogP contribution is 2.29. The van der Waals surface area contributed by atoms with E-state index in [9.17, 15) is 0 Å². The number of hydrogen-bond donors (Lipinski definition) is 1. The fourth-order valence-electron chi connectivity index (χ4n) is 2.61. The Labute approximate surface area is 97.6 Å². The number of likely N-dealkylation sites (tertiary alicyclic amines) is 1. The number of nitrogens with zero attached hydrogens (tertiary/aromatic N) is 3. The number of aromatic nitrogens is 2. The second-order valence-corrected chi connectivity index (χ2v) is 5.28. The summed E-state index contributed by atoms with van der Waals surface area (Å²) >= 11 is 0. The molecule has 0 aromatic carbocycles. The van der Waals surface area contributed by atoms with Gasteiger partial charge < -0.3 is 5.32 Å². The molecule has 1 N–H and O–H groups in total. The summed E-state index contributed by atoms with van der Waals surface area (Å²) in [6.45, 7) is 6.81. The van der Waals surface area contributed by atoms with E-state index in [1.807, 2.05) is 25.0 Å². The van der Waals surface area contributed by atoms with E-state index in [2.05, 4.69) is 28.3 Å². The topological polar surface area (TPSA) is 33.1 Å². The average molecular weight is 222 g/mol. The minimum atomic E-state index is 0.434. The van der Waals surface area contributed by atoms with Crippen molar-refractivity contribution in [2.45, 2.75) is 19.9 Å². The smallest absolute Gasteiger partial charge is 0.0764 e. The second-order valence-electron chi connectivity index (χ2n) is 5.28. The second kappa shape index (κ2) is 4.55. The molecule has 1 aliphatic heterocycles. The third kappa shape index (κ3) is 2.62. The van der Waals surface area contributed by atoms with Crippen LogP contribution in [0.2, 0.25) is 0 Å². The van der Waals surface area contributed by atoms with Crippen molar-refractivity contribution in [2.75, 3.05) is 26.7 Å². The van der Waals surface area contributed by atoms with Gasteiger partial charge in [-0.2, -0.15) is 5.10 Å². The van der Waals surface area contributed by atoms with E-state index < -0.39 is 0 Å². The third-order valence-corrected chi connectivity index (χ3v) is 3.39. The van der Waals surface area contributed by atoms with Crippen LogP contribution >= 0.6 is 0 Å². The molecule has 2 heterocycles. The van der Waals surface area contributed by atoms with Crippen molar-refractivity contribution < 1.29 is 0 Å². The molecular weight excluding hydrogens is 200 g/mol. The average Bonchev–Trinajstić information content (AvgIpc) is 2.75.